The number of carbonyl (C=O) groups is 2. The molecule has 0 saturated carbocycles. The molecule has 2 saturated heterocycles. The third kappa shape index (κ3) is 4.80. The van der Waals surface area contributed by atoms with E-state index in [1.165, 1.54) is 0 Å². The zero-order valence-electron chi connectivity index (χ0n) is 20.4. The summed E-state index contributed by atoms with van der Waals surface area (Å²) in [4.78, 5) is 46.1. The number of carbonyl (C=O) groups excluding carboxylic acids is 2. The number of fused-ring (bicyclic) bond motifs is 1. The highest BCUT2D eigenvalue weighted by atomic mass is 16.6. The Morgan fingerprint density at radius 3 is 2.49 bits per heavy atom. The van der Waals surface area contributed by atoms with E-state index in [4.69, 9.17) is 14.7 Å². The zero-order valence-corrected chi connectivity index (χ0v) is 20.4. The fraction of sp³-hybridized carbons (Fsp3) is 0.462. The van der Waals surface area contributed by atoms with Gasteiger partial charge in [-0.15, -0.1) is 0 Å². The van der Waals surface area contributed by atoms with Crippen LogP contribution in [-0.4, -0.2) is 69.0 Å². The fourth-order valence-electron chi connectivity index (χ4n) is 4.99. The molecule has 2 aliphatic heterocycles. The summed E-state index contributed by atoms with van der Waals surface area (Å²) in [5.41, 5.74) is 1.53. The number of anilines is 1. The van der Waals surface area contributed by atoms with Crippen molar-refractivity contribution in [2.75, 3.05) is 31.1 Å². The van der Waals surface area contributed by atoms with Crippen LogP contribution in [0.1, 0.15) is 50.5 Å². The number of aromatic nitrogens is 4. The summed E-state index contributed by atoms with van der Waals surface area (Å²) in [6.45, 7) is 8.76. The Balaban J connectivity index is 1.40. The minimum absolute atomic E-state index is 0.0969. The maximum absolute atomic E-state index is 12.6. The van der Waals surface area contributed by atoms with Crippen LogP contribution in [-0.2, 0) is 4.74 Å². The second kappa shape index (κ2) is 8.87. The average Bonchev–Trinajstić information content (AvgIpc) is 3.27. The predicted octanol–water partition coefficient (Wildman–Crippen LogP) is 4.13. The molecular formula is C26H30N6O3. The van der Waals surface area contributed by atoms with Crippen molar-refractivity contribution in [2.24, 2.45) is 5.41 Å². The highest BCUT2D eigenvalue weighted by molar-refractivity contribution is 5.93. The third-order valence-electron chi connectivity index (χ3n) is 6.86. The van der Waals surface area contributed by atoms with Crippen molar-refractivity contribution >= 4 is 29.1 Å². The molecular weight excluding hydrogens is 444 g/mol. The second-order valence-electron chi connectivity index (χ2n) is 10.5. The number of piperidine rings is 1. The van der Waals surface area contributed by atoms with Gasteiger partial charge < -0.3 is 14.5 Å². The van der Waals surface area contributed by atoms with Gasteiger partial charge in [-0.2, -0.15) is 0 Å². The van der Waals surface area contributed by atoms with Gasteiger partial charge in [-0.3, -0.25) is 14.8 Å². The van der Waals surface area contributed by atoms with Crippen LogP contribution in [0.25, 0.3) is 22.3 Å². The third-order valence-corrected chi connectivity index (χ3v) is 6.86. The Bertz CT molecular complexity index is 1250. The first-order chi connectivity index (χ1) is 16.8. The van der Waals surface area contributed by atoms with E-state index < -0.39 is 5.60 Å². The average molecular weight is 475 g/mol. The molecule has 0 aliphatic carbocycles. The lowest BCUT2D eigenvalue weighted by atomic mass is 9.78. The standard InChI is InChI=1S/C26H30N6O3/c1-25(2,3)35-24(34)32-13-8-26(17-32)6-11-31(12-7-26)23-20-14-19(16-33)28-15-21(20)29-22(30-23)18-4-9-27-10-5-18/h4-5,9-10,14-16H,6-8,11-13,17H2,1-3H3. The molecule has 5 heterocycles. The van der Waals surface area contributed by atoms with E-state index in [1.54, 1.807) is 24.7 Å². The Labute approximate surface area is 204 Å². The molecule has 0 aromatic carbocycles. The number of pyridine rings is 2. The first kappa shape index (κ1) is 23.1. The SMILES string of the molecule is CC(C)(C)OC(=O)N1CCC2(CCN(c3nc(-c4ccncc4)nc4cnc(C=O)cc34)CC2)C1. The number of aldehydes is 1. The highest BCUT2D eigenvalue weighted by Gasteiger charge is 2.43. The lowest BCUT2D eigenvalue weighted by Gasteiger charge is -2.40. The molecule has 35 heavy (non-hydrogen) atoms. The van der Waals surface area contributed by atoms with Crippen LogP contribution in [0.5, 0.6) is 0 Å². The number of rotatable bonds is 3. The summed E-state index contributed by atoms with van der Waals surface area (Å²) in [7, 11) is 0. The quantitative estimate of drug-likeness (QED) is 0.522. The number of amides is 1. The number of nitrogens with zero attached hydrogens (tertiary/aromatic N) is 6. The number of likely N-dealkylation sites (tertiary alicyclic amines) is 1. The van der Waals surface area contributed by atoms with Crippen LogP contribution in [0, 0.1) is 5.41 Å². The van der Waals surface area contributed by atoms with Gasteiger partial charge in [0.05, 0.1) is 11.7 Å². The van der Waals surface area contributed by atoms with Gasteiger partial charge in [-0.1, -0.05) is 0 Å². The highest BCUT2D eigenvalue weighted by Crippen LogP contribution is 2.42. The van der Waals surface area contributed by atoms with E-state index in [0.717, 1.165) is 68.5 Å². The van der Waals surface area contributed by atoms with Crippen LogP contribution >= 0.6 is 0 Å². The summed E-state index contributed by atoms with van der Waals surface area (Å²) in [5, 5.41) is 0.817. The molecule has 0 atom stereocenters. The van der Waals surface area contributed by atoms with Crippen LogP contribution in [0.4, 0.5) is 10.6 Å². The molecule has 1 spiro atoms. The smallest absolute Gasteiger partial charge is 0.410 e. The first-order valence-electron chi connectivity index (χ1n) is 12.0. The van der Waals surface area contributed by atoms with E-state index in [1.807, 2.05) is 37.8 Å². The Hall–Kier alpha value is -3.62. The van der Waals surface area contributed by atoms with E-state index in [2.05, 4.69) is 14.9 Å². The van der Waals surface area contributed by atoms with E-state index in [9.17, 15) is 9.59 Å². The minimum atomic E-state index is -0.494. The Morgan fingerprint density at radius 1 is 1.09 bits per heavy atom. The summed E-state index contributed by atoms with van der Waals surface area (Å²) in [6.07, 6.45) is 8.48. The maximum Gasteiger partial charge on any atom is 0.410 e. The second-order valence-corrected chi connectivity index (χ2v) is 10.5. The van der Waals surface area contributed by atoms with Gasteiger partial charge >= 0.3 is 6.09 Å². The van der Waals surface area contributed by atoms with Crippen LogP contribution in [0.2, 0.25) is 0 Å². The minimum Gasteiger partial charge on any atom is -0.444 e. The maximum atomic E-state index is 12.6. The topological polar surface area (TPSA) is 101 Å². The predicted molar refractivity (Wildman–Crippen MR) is 132 cm³/mol. The van der Waals surface area contributed by atoms with Crippen molar-refractivity contribution in [1.82, 2.24) is 24.8 Å². The molecule has 9 nitrogen and oxygen atoms in total. The molecule has 0 radical (unpaired) electrons. The molecule has 9 heteroatoms. The number of hydrogen-bond acceptors (Lipinski definition) is 8. The van der Waals surface area contributed by atoms with Crippen molar-refractivity contribution in [2.45, 2.75) is 45.6 Å². The molecule has 3 aromatic rings. The Morgan fingerprint density at radius 2 is 1.80 bits per heavy atom. The first-order valence-corrected chi connectivity index (χ1v) is 12.0. The van der Waals surface area contributed by atoms with Crippen LogP contribution < -0.4 is 4.90 Å². The van der Waals surface area contributed by atoms with Crippen LogP contribution in [0.15, 0.2) is 36.8 Å². The molecule has 2 aliphatic rings. The fourth-order valence-corrected chi connectivity index (χ4v) is 4.99. The Kier molecular flexibility index (Phi) is 5.86. The van der Waals surface area contributed by atoms with E-state index in [0.29, 0.717) is 17.0 Å². The summed E-state index contributed by atoms with van der Waals surface area (Å²) in [6, 6.07) is 5.53. The molecule has 2 fully saturated rings. The van der Waals surface area contributed by atoms with E-state index >= 15 is 0 Å². The molecule has 5 rings (SSSR count). The van der Waals surface area contributed by atoms with Gasteiger partial charge in [0.25, 0.3) is 0 Å². The normalized spacial score (nSPS) is 17.7. The van der Waals surface area contributed by atoms with E-state index in [-0.39, 0.29) is 11.5 Å². The molecule has 0 bridgehead atoms. The van der Waals surface area contributed by atoms with Crippen molar-refractivity contribution in [3.63, 3.8) is 0 Å². The van der Waals surface area contributed by atoms with Crippen molar-refractivity contribution in [3.8, 4) is 11.4 Å². The number of hydrogen-bond donors (Lipinski definition) is 0. The summed E-state index contributed by atoms with van der Waals surface area (Å²) < 4.78 is 5.59. The van der Waals surface area contributed by atoms with Crippen LogP contribution in [0.3, 0.4) is 0 Å². The van der Waals surface area contributed by atoms with Gasteiger partial charge in [0.2, 0.25) is 0 Å². The molecule has 0 unspecified atom stereocenters. The number of ether oxygens (including phenoxy) is 1. The summed E-state index contributed by atoms with van der Waals surface area (Å²) in [5.74, 6) is 1.41. The molecule has 182 valence electrons. The van der Waals surface area contributed by atoms with Gasteiger partial charge in [-0.25, -0.2) is 14.8 Å². The van der Waals surface area contributed by atoms with Crippen molar-refractivity contribution in [1.29, 1.82) is 0 Å². The largest absolute Gasteiger partial charge is 0.444 e. The van der Waals surface area contributed by atoms with Gasteiger partial charge in [0.15, 0.2) is 12.1 Å². The lowest BCUT2D eigenvalue weighted by Crippen LogP contribution is -2.43. The van der Waals surface area contributed by atoms with Crippen molar-refractivity contribution < 1.29 is 14.3 Å². The van der Waals surface area contributed by atoms with Gasteiger partial charge in [-0.05, 0) is 63.6 Å². The molecule has 3 aromatic heterocycles. The van der Waals surface area contributed by atoms with Gasteiger partial charge in [0.1, 0.15) is 17.1 Å². The van der Waals surface area contributed by atoms with Gasteiger partial charge in [0, 0.05) is 49.5 Å². The molecule has 1 amide bonds. The molecule has 0 N–H and O–H groups in total. The zero-order chi connectivity index (χ0) is 24.6. The monoisotopic (exact) mass is 474 g/mol. The van der Waals surface area contributed by atoms with Crippen molar-refractivity contribution in [3.05, 3.63) is 42.5 Å². The lowest BCUT2D eigenvalue weighted by molar-refractivity contribution is 0.0266. The summed E-state index contributed by atoms with van der Waals surface area (Å²) >= 11 is 0.